The van der Waals surface area contributed by atoms with Crippen molar-refractivity contribution < 1.29 is 0 Å². The predicted molar refractivity (Wildman–Crippen MR) is 71.0 cm³/mol. The largest absolute Gasteiger partial charge is 0.359 e. The maximum atomic E-state index is 5.74. The molecule has 0 aliphatic carbocycles. The van der Waals surface area contributed by atoms with Crippen LogP contribution in [0.25, 0.3) is 0 Å². The lowest BCUT2D eigenvalue weighted by molar-refractivity contribution is 0.395. The molecular weight excluding hydrogens is 212 g/mol. The van der Waals surface area contributed by atoms with Gasteiger partial charge in [0.15, 0.2) is 0 Å². The van der Waals surface area contributed by atoms with Gasteiger partial charge in [-0.2, -0.15) is 0 Å². The van der Waals surface area contributed by atoms with Crippen molar-refractivity contribution in [3.8, 4) is 0 Å². The van der Waals surface area contributed by atoms with Gasteiger partial charge in [-0.05, 0) is 32.0 Å². The number of hydrogen-bond acceptors (Lipinski definition) is 4. The van der Waals surface area contributed by atoms with E-state index in [4.69, 9.17) is 5.73 Å². The van der Waals surface area contributed by atoms with E-state index in [0.717, 1.165) is 23.8 Å². The van der Waals surface area contributed by atoms with Gasteiger partial charge >= 0.3 is 0 Å². The molecule has 0 spiro atoms. The second-order valence-corrected chi connectivity index (χ2v) is 4.99. The molecule has 0 radical (unpaired) electrons. The normalized spacial score (nSPS) is 20.8. The molecule has 1 saturated heterocycles. The lowest BCUT2D eigenvalue weighted by atomic mass is 10.1. The zero-order chi connectivity index (χ0) is 12.3. The molecule has 0 amide bonds. The SMILES string of the molecule is CN1CCC(CN(C)c2ncccc2CN)C1. The fourth-order valence-corrected chi connectivity index (χ4v) is 2.58. The van der Waals surface area contributed by atoms with E-state index >= 15 is 0 Å². The zero-order valence-corrected chi connectivity index (χ0v) is 10.8. The van der Waals surface area contributed by atoms with E-state index in [1.54, 1.807) is 0 Å². The summed E-state index contributed by atoms with van der Waals surface area (Å²) in [6, 6.07) is 4.00. The quantitative estimate of drug-likeness (QED) is 0.842. The third kappa shape index (κ3) is 2.96. The highest BCUT2D eigenvalue weighted by atomic mass is 15.2. The van der Waals surface area contributed by atoms with Crippen LogP contribution in [0.5, 0.6) is 0 Å². The van der Waals surface area contributed by atoms with Gasteiger partial charge in [-0.15, -0.1) is 0 Å². The monoisotopic (exact) mass is 234 g/mol. The first-order chi connectivity index (χ1) is 8.20. The summed E-state index contributed by atoms with van der Waals surface area (Å²) < 4.78 is 0. The molecule has 0 aromatic carbocycles. The van der Waals surface area contributed by atoms with Gasteiger partial charge < -0.3 is 15.5 Å². The number of nitrogens with two attached hydrogens (primary N) is 1. The van der Waals surface area contributed by atoms with Crippen LogP contribution >= 0.6 is 0 Å². The lowest BCUT2D eigenvalue weighted by Gasteiger charge is -2.24. The second kappa shape index (κ2) is 5.47. The minimum atomic E-state index is 0.554. The van der Waals surface area contributed by atoms with Crippen molar-refractivity contribution in [3.05, 3.63) is 23.9 Å². The molecular formula is C13H22N4. The maximum Gasteiger partial charge on any atom is 0.132 e. The summed E-state index contributed by atoms with van der Waals surface area (Å²) in [6.45, 7) is 4.02. The molecule has 1 fully saturated rings. The average Bonchev–Trinajstić information content (AvgIpc) is 2.74. The Balaban J connectivity index is 2.01. The highest BCUT2D eigenvalue weighted by Crippen LogP contribution is 2.20. The number of pyridine rings is 1. The minimum Gasteiger partial charge on any atom is -0.359 e. The third-order valence-corrected chi connectivity index (χ3v) is 3.47. The smallest absolute Gasteiger partial charge is 0.132 e. The Morgan fingerprint density at radius 2 is 2.41 bits per heavy atom. The van der Waals surface area contributed by atoms with Crippen LogP contribution in [-0.4, -0.2) is 43.6 Å². The van der Waals surface area contributed by atoms with E-state index < -0.39 is 0 Å². The molecule has 1 aromatic rings. The number of hydrogen-bond donors (Lipinski definition) is 1. The molecule has 2 heterocycles. The van der Waals surface area contributed by atoms with Crippen LogP contribution in [0.1, 0.15) is 12.0 Å². The van der Waals surface area contributed by atoms with Crippen molar-refractivity contribution in [3.63, 3.8) is 0 Å². The molecule has 1 aromatic heterocycles. The van der Waals surface area contributed by atoms with E-state index in [1.165, 1.54) is 19.5 Å². The molecule has 4 heteroatoms. The van der Waals surface area contributed by atoms with Gasteiger partial charge in [0.1, 0.15) is 5.82 Å². The van der Waals surface area contributed by atoms with Crippen molar-refractivity contribution >= 4 is 5.82 Å². The Morgan fingerprint density at radius 3 is 3.06 bits per heavy atom. The van der Waals surface area contributed by atoms with Gasteiger partial charge in [-0.3, -0.25) is 0 Å². The average molecular weight is 234 g/mol. The van der Waals surface area contributed by atoms with Gasteiger partial charge in [-0.1, -0.05) is 6.07 Å². The molecule has 4 nitrogen and oxygen atoms in total. The van der Waals surface area contributed by atoms with Crippen LogP contribution in [0.4, 0.5) is 5.82 Å². The van der Waals surface area contributed by atoms with Crippen molar-refractivity contribution in [1.29, 1.82) is 0 Å². The summed E-state index contributed by atoms with van der Waals surface area (Å²) in [5, 5.41) is 0. The molecule has 17 heavy (non-hydrogen) atoms. The van der Waals surface area contributed by atoms with Crippen molar-refractivity contribution in [2.45, 2.75) is 13.0 Å². The maximum absolute atomic E-state index is 5.74. The summed E-state index contributed by atoms with van der Waals surface area (Å²) in [5.74, 6) is 1.78. The molecule has 2 N–H and O–H groups in total. The molecule has 2 rings (SSSR count). The van der Waals surface area contributed by atoms with Gasteiger partial charge in [0.25, 0.3) is 0 Å². The van der Waals surface area contributed by atoms with Crippen LogP contribution in [0, 0.1) is 5.92 Å². The molecule has 1 aliphatic heterocycles. The minimum absolute atomic E-state index is 0.554. The van der Waals surface area contributed by atoms with E-state index in [1.807, 2.05) is 12.3 Å². The van der Waals surface area contributed by atoms with Crippen molar-refractivity contribution in [1.82, 2.24) is 9.88 Å². The number of likely N-dealkylation sites (tertiary alicyclic amines) is 1. The van der Waals surface area contributed by atoms with Gasteiger partial charge in [0.2, 0.25) is 0 Å². The van der Waals surface area contributed by atoms with E-state index in [-0.39, 0.29) is 0 Å². The first kappa shape index (κ1) is 12.3. The summed E-state index contributed by atoms with van der Waals surface area (Å²) >= 11 is 0. The fourth-order valence-electron chi connectivity index (χ4n) is 2.58. The first-order valence-electron chi connectivity index (χ1n) is 6.24. The van der Waals surface area contributed by atoms with Gasteiger partial charge in [0.05, 0.1) is 0 Å². The molecule has 1 unspecified atom stereocenters. The Labute approximate surface area is 103 Å². The number of aromatic nitrogens is 1. The predicted octanol–water partition coefficient (Wildman–Crippen LogP) is 0.928. The molecule has 0 saturated carbocycles. The van der Waals surface area contributed by atoms with Crippen LogP contribution in [0.3, 0.4) is 0 Å². The Bertz CT molecular complexity index is 366. The Hall–Kier alpha value is -1.13. The Kier molecular flexibility index (Phi) is 3.97. The highest BCUT2D eigenvalue weighted by Gasteiger charge is 2.21. The van der Waals surface area contributed by atoms with Gasteiger partial charge in [0, 0.05) is 38.4 Å². The summed E-state index contributed by atoms with van der Waals surface area (Å²) in [4.78, 5) is 9.07. The number of nitrogens with zero attached hydrogens (tertiary/aromatic N) is 3. The first-order valence-corrected chi connectivity index (χ1v) is 6.24. The molecule has 1 aliphatic rings. The molecule has 0 bridgehead atoms. The molecule has 1 atom stereocenters. The van der Waals surface area contributed by atoms with E-state index in [9.17, 15) is 0 Å². The lowest BCUT2D eigenvalue weighted by Crippen LogP contribution is -2.28. The highest BCUT2D eigenvalue weighted by molar-refractivity contribution is 5.45. The fraction of sp³-hybridized carbons (Fsp3) is 0.615. The van der Waals surface area contributed by atoms with Crippen LogP contribution in [0.2, 0.25) is 0 Å². The molecule has 94 valence electrons. The van der Waals surface area contributed by atoms with Gasteiger partial charge in [-0.25, -0.2) is 4.98 Å². The van der Waals surface area contributed by atoms with Crippen LogP contribution < -0.4 is 10.6 Å². The zero-order valence-electron chi connectivity index (χ0n) is 10.8. The summed E-state index contributed by atoms with van der Waals surface area (Å²) in [5.41, 5.74) is 6.87. The van der Waals surface area contributed by atoms with Crippen molar-refractivity contribution in [2.24, 2.45) is 11.7 Å². The summed E-state index contributed by atoms with van der Waals surface area (Å²) in [6.07, 6.45) is 3.12. The summed E-state index contributed by atoms with van der Waals surface area (Å²) in [7, 11) is 4.30. The van der Waals surface area contributed by atoms with Crippen LogP contribution in [-0.2, 0) is 6.54 Å². The van der Waals surface area contributed by atoms with Crippen LogP contribution in [0.15, 0.2) is 18.3 Å². The standard InChI is InChI=1S/C13H22N4/c1-16-7-5-11(9-16)10-17(2)13-12(8-14)4-3-6-15-13/h3-4,6,11H,5,7-10,14H2,1-2H3. The van der Waals surface area contributed by atoms with Crippen molar-refractivity contribution in [2.75, 3.05) is 38.6 Å². The van der Waals surface area contributed by atoms with E-state index in [2.05, 4.69) is 34.9 Å². The topological polar surface area (TPSA) is 45.4 Å². The third-order valence-electron chi connectivity index (χ3n) is 3.47. The van der Waals surface area contributed by atoms with E-state index in [0.29, 0.717) is 6.54 Å². The number of anilines is 1. The number of rotatable bonds is 4. The Morgan fingerprint density at radius 1 is 1.59 bits per heavy atom. The second-order valence-electron chi connectivity index (χ2n) is 4.99.